The van der Waals surface area contributed by atoms with Crippen LogP contribution < -0.4 is 5.56 Å². The van der Waals surface area contributed by atoms with E-state index in [1.54, 1.807) is 0 Å². The van der Waals surface area contributed by atoms with Crippen LogP contribution in [0.3, 0.4) is 0 Å². The van der Waals surface area contributed by atoms with Crippen LogP contribution in [0.4, 0.5) is 0 Å². The van der Waals surface area contributed by atoms with E-state index < -0.39 is 11.5 Å². The summed E-state index contributed by atoms with van der Waals surface area (Å²) in [5.41, 5.74) is -0.347. The third kappa shape index (κ3) is 1.22. The molecule has 2 aromatic heterocycles. The number of nitrogens with zero attached hydrogens (tertiary/aromatic N) is 1. The number of carbonyl (C=O) groups is 1. The number of halogens is 1. The van der Waals surface area contributed by atoms with Gasteiger partial charge in [-0.2, -0.15) is 5.10 Å². The van der Waals surface area contributed by atoms with Crippen LogP contribution in [-0.2, 0) is 0 Å². The molecule has 0 aliphatic heterocycles. The Bertz CT molecular complexity index is 571. The summed E-state index contributed by atoms with van der Waals surface area (Å²) in [6.07, 6.45) is 0. The molecule has 6 nitrogen and oxygen atoms in total. The maximum atomic E-state index is 11.0. The number of hydrogen-bond donors (Lipinski definition) is 3. The molecule has 7 heteroatoms. The maximum absolute atomic E-state index is 11.0. The highest BCUT2D eigenvalue weighted by molar-refractivity contribution is 9.10. The number of rotatable bonds is 1. The first-order chi connectivity index (χ1) is 6.59. The minimum absolute atomic E-state index is 0.0793. The predicted octanol–water partition coefficient (Wildman–Crippen LogP) is 0.712. The van der Waals surface area contributed by atoms with E-state index in [-0.39, 0.29) is 11.2 Å². The van der Waals surface area contributed by atoms with E-state index in [1.807, 2.05) is 0 Å². The van der Waals surface area contributed by atoms with Crippen molar-refractivity contribution < 1.29 is 9.90 Å². The standard InChI is InChI=1S/C7H4BrN3O3/c8-5-4-2(7(13)14)1-3(12)9-6(4)11-10-5/h1H,(H,13,14)(H2,9,10,11,12). The first kappa shape index (κ1) is 8.95. The molecule has 0 atom stereocenters. The Kier molecular flexibility index (Phi) is 1.88. The van der Waals surface area contributed by atoms with E-state index in [2.05, 4.69) is 31.1 Å². The second-order valence-corrected chi connectivity index (χ2v) is 3.41. The summed E-state index contributed by atoms with van der Waals surface area (Å²) in [5, 5.41) is 15.5. The minimum Gasteiger partial charge on any atom is -0.478 e. The monoisotopic (exact) mass is 257 g/mol. The highest BCUT2D eigenvalue weighted by Gasteiger charge is 2.14. The van der Waals surface area contributed by atoms with Gasteiger partial charge in [-0.25, -0.2) is 4.79 Å². The summed E-state index contributed by atoms with van der Waals surface area (Å²) < 4.78 is 0.432. The summed E-state index contributed by atoms with van der Waals surface area (Å²) in [4.78, 5) is 24.2. The molecule has 0 saturated carbocycles. The zero-order valence-electron chi connectivity index (χ0n) is 6.67. The predicted molar refractivity (Wildman–Crippen MR) is 51.4 cm³/mol. The molecule has 0 amide bonds. The molecule has 14 heavy (non-hydrogen) atoms. The van der Waals surface area contributed by atoms with Gasteiger partial charge in [0.15, 0.2) is 5.65 Å². The van der Waals surface area contributed by atoms with Gasteiger partial charge in [-0.05, 0) is 15.9 Å². The summed E-state index contributed by atoms with van der Waals surface area (Å²) in [5.74, 6) is -1.16. The van der Waals surface area contributed by atoms with Crippen LogP contribution in [0.2, 0.25) is 0 Å². The number of nitrogens with one attached hydrogen (secondary N) is 2. The molecule has 0 aliphatic carbocycles. The second kappa shape index (κ2) is 2.95. The van der Waals surface area contributed by atoms with E-state index in [0.29, 0.717) is 9.99 Å². The van der Waals surface area contributed by atoms with Gasteiger partial charge in [-0.3, -0.25) is 9.89 Å². The summed E-state index contributed by atoms with van der Waals surface area (Å²) >= 11 is 3.11. The molecule has 3 N–H and O–H groups in total. The lowest BCUT2D eigenvalue weighted by atomic mass is 10.2. The van der Waals surface area contributed by atoms with Crippen molar-refractivity contribution in [3.63, 3.8) is 0 Å². The van der Waals surface area contributed by atoms with Crippen molar-refractivity contribution in [2.75, 3.05) is 0 Å². The first-order valence-corrected chi connectivity index (χ1v) is 4.39. The van der Waals surface area contributed by atoms with Crippen LogP contribution in [0, 0.1) is 0 Å². The van der Waals surface area contributed by atoms with Gasteiger partial charge in [0.1, 0.15) is 4.60 Å². The van der Waals surface area contributed by atoms with E-state index in [4.69, 9.17) is 5.11 Å². The number of pyridine rings is 1. The van der Waals surface area contributed by atoms with Crippen LogP contribution in [-0.4, -0.2) is 26.3 Å². The fourth-order valence-electron chi connectivity index (χ4n) is 1.18. The number of aromatic amines is 2. The highest BCUT2D eigenvalue weighted by atomic mass is 79.9. The van der Waals surface area contributed by atoms with Crippen LogP contribution in [0.5, 0.6) is 0 Å². The lowest BCUT2D eigenvalue weighted by molar-refractivity contribution is 0.0699. The van der Waals surface area contributed by atoms with Gasteiger partial charge < -0.3 is 10.1 Å². The molecule has 0 radical (unpaired) electrons. The van der Waals surface area contributed by atoms with Gasteiger partial charge >= 0.3 is 5.97 Å². The molecular weight excluding hydrogens is 254 g/mol. The van der Waals surface area contributed by atoms with Crippen LogP contribution >= 0.6 is 15.9 Å². The zero-order chi connectivity index (χ0) is 10.3. The van der Waals surface area contributed by atoms with Crippen molar-refractivity contribution in [1.29, 1.82) is 0 Å². The lowest BCUT2D eigenvalue weighted by Gasteiger charge is -1.95. The molecule has 0 spiro atoms. The summed E-state index contributed by atoms with van der Waals surface area (Å²) in [6, 6.07) is 1.02. The van der Waals surface area contributed by atoms with Gasteiger partial charge in [-0.15, -0.1) is 0 Å². The van der Waals surface area contributed by atoms with Gasteiger partial charge in [0.05, 0.1) is 10.9 Å². The number of H-pyrrole nitrogens is 2. The van der Waals surface area contributed by atoms with E-state index >= 15 is 0 Å². The maximum Gasteiger partial charge on any atom is 0.336 e. The molecule has 2 rings (SSSR count). The Hall–Kier alpha value is -1.63. The lowest BCUT2D eigenvalue weighted by Crippen LogP contribution is -2.09. The molecule has 0 aromatic carbocycles. The van der Waals surface area contributed by atoms with Gasteiger partial charge in [0.2, 0.25) is 5.56 Å². The number of aromatic carboxylic acids is 1. The largest absolute Gasteiger partial charge is 0.478 e. The normalized spacial score (nSPS) is 10.6. The Morgan fingerprint density at radius 1 is 1.57 bits per heavy atom. The molecule has 2 aromatic rings. The van der Waals surface area contributed by atoms with Crippen molar-refractivity contribution in [2.24, 2.45) is 0 Å². The quantitative estimate of drug-likeness (QED) is 0.701. The van der Waals surface area contributed by atoms with Crippen molar-refractivity contribution in [2.45, 2.75) is 0 Å². The molecule has 72 valence electrons. The van der Waals surface area contributed by atoms with Gasteiger partial charge in [-0.1, -0.05) is 0 Å². The molecule has 0 fully saturated rings. The van der Waals surface area contributed by atoms with Crippen LogP contribution in [0.15, 0.2) is 15.5 Å². The zero-order valence-corrected chi connectivity index (χ0v) is 8.25. The third-order valence-corrected chi connectivity index (χ3v) is 2.31. The van der Waals surface area contributed by atoms with Crippen molar-refractivity contribution in [1.82, 2.24) is 15.2 Å². The number of carboxylic acid groups (broad SMARTS) is 1. The van der Waals surface area contributed by atoms with E-state index in [0.717, 1.165) is 6.07 Å². The second-order valence-electron chi connectivity index (χ2n) is 2.61. The number of aromatic nitrogens is 3. The van der Waals surface area contributed by atoms with E-state index in [9.17, 15) is 9.59 Å². The first-order valence-electron chi connectivity index (χ1n) is 3.60. The highest BCUT2D eigenvalue weighted by Crippen LogP contribution is 2.21. The molecule has 0 unspecified atom stereocenters. The average Bonchev–Trinajstić information content (AvgIpc) is 2.46. The Labute approximate surface area is 85.1 Å². The smallest absolute Gasteiger partial charge is 0.336 e. The Balaban J connectivity index is 2.98. The minimum atomic E-state index is -1.16. The number of carboxylic acids is 1. The molecule has 0 aliphatic rings. The number of fused-ring (bicyclic) bond motifs is 1. The number of hydrogen-bond acceptors (Lipinski definition) is 3. The van der Waals surface area contributed by atoms with Crippen molar-refractivity contribution >= 4 is 32.9 Å². The molecular formula is C7H4BrN3O3. The summed E-state index contributed by atoms with van der Waals surface area (Å²) in [6.45, 7) is 0. The van der Waals surface area contributed by atoms with Crippen LogP contribution in [0.1, 0.15) is 10.4 Å². The average molecular weight is 258 g/mol. The van der Waals surface area contributed by atoms with Gasteiger partial charge in [0.25, 0.3) is 0 Å². The fourth-order valence-corrected chi connectivity index (χ4v) is 1.67. The summed E-state index contributed by atoms with van der Waals surface area (Å²) in [7, 11) is 0. The topological polar surface area (TPSA) is 98.8 Å². The molecule has 0 bridgehead atoms. The van der Waals surface area contributed by atoms with E-state index in [1.165, 1.54) is 0 Å². The SMILES string of the molecule is O=C(O)c1cc(=O)[nH]c2n[nH]c(Br)c12. The van der Waals surface area contributed by atoms with Crippen molar-refractivity contribution in [3.05, 3.63) is 26.6 Å². The van der Waals surface area contributed by atoms with Gasteiger partial charge in [0, 0.05) is 6.07 Å². The molecule has 2 heterocycles. The Morgan fingerprint density at radius 2 is 2.29 bits per heavy atom. The third-order valence-electron chi connectivity index (χ3n) is 1.74. The molecule has 0 saturated heterocycles. The van der Waals surface area contributed by atoms with Crippen LogP contribution in [0.25, 0.3) is 11.0 Å². The fraction of sp³-hybridized carbons (Fsp3) is 0. The van der Waals surface area contributed by atoms with Crippen molar-refractivity contribution in [3.8, 4) is 0 Å². The Morgan fingerprint density at radius 3 is 2.93 bits per heavy atom.